The summed E-state index contributed by atoms with van der Waals surface area (Å²) in [6.45, 7) is 4.70. The molecule has 1 unspecified atom stereocenters. The maximum absolute atomic E-state index is 12.5. The molecule has 1 aromatic carbocycles. The normalized spacial score (nSPS) is 16.7. The zero-order chi connectivity index (χ0) is 18.0. The highest BCUT2D eigenvalue weighted by molar-refractivity contribution is 5.90. The number of carbonyl (C=O) groups excluding carboxylic acids is 1. The first-order chi connectivity index (χ1) is 12.0. The van der Waals surface area contributed by atoms with Gasteiger partial charge in [-0.05, 0) is 44.0 Å². The monoisotopic (exact) mass is 340 g/mol. The number of urea groups is 1. The van der Waals surface area contributed by atoms with Gasteiger partial charge in [0.1, 0.15) is 0 Å². The van der Waals surface area contributed by atoms with Gasteiger partial charge in [-0.15, -0.1) is 0 Å². The molecule has 0 spiro atoms. The zero-order valence-electron chi connectivity index (χ0n) is 14.2. The van der Waals surface area contributed by atoms with Crippen molar-refractivity contribution in [3.05, 3.63) is 63.5 Å². The molecule has 7 heteroatoms. The number of amides is 2. The molecular formula is C18H20N4O3. The molecule has 0 radical (unpaired) electrons. The van der Waals surface area contributed by atoms with Crippen LogP contribution in [-0.2, 0) is 0 Å². The second kappa shape index (κ2) is 6.88. The highest BCUT2D eigenvalue weighted by Gasteiger charge is 2.28. The highest BCUT2D eigenvalue weighted by atomic mass is 16.6. The molecule has 1 aliphatic rings. The number of hydrogen-bond acceptors (Lipinski definition) is 4. The highest BCUT2D eigenvalue weighted by Crippen LogP contribution is 2.28. The second-order valence-electron chi connectivity index (χ2n) is 6.33. The standard InChI is InChI=1S/C18H20N4O3/c1-12-10-17(22(24)25)13(2)9-16(12)20-18(23)21-8-6-14(11-21)15-5-3-4-7-19-15/h3-5,7,9-10,14H,6,8,11H2,1-2H3,(H,20,23). The number of hydrogen-bond donors (Lipinski definition) is 1. The Kier molecular flexibility index (Phi) is 4.65. The predicted molar refractivity (Wildman–Crippen MR) is 94.8 cm³/mol. The third-order valence-electron chi connectivity index (χ3n) is 4.56. The molecular weight excluding hydrogens is 320 g/mol. The Morgan fingerprint density at radius 2 is 2.12 bits per heavy atom. The van der Waals surface area contributed by atoms with Gasteiger partial charge in [0.25, 0.3) is 5.69 Å². The van der Waals surface area contributed by atoms with Crippen LogP contribution >= 0.6 is 0 Å². The molecule has 0 bridgehead atoms. The Balaban J connectivity index is 1.69. The summed E-state index contributed by atoms with van der Waals surface area (Å²) in [7, 11) is 0. The summed E-state index contributed by atoms with van der Waals surface area (Å²) in [6.07, 6.45) is 2.64. The predicted octanol–water partition coefficient (Wildman–Crippen LogP) is 3.63. The number of nitro benzene ring substituents is 1. The lowest BCUT2D eigenvalue weighted by molar-refractivity contribution is -0.385. The van der Waals surface area contributed by atoms with E-state index in [4.69, 9.17) is 0 Å². The lowest BCUT2D eigenvalue weighted by Gasteiger charge is -2.18. The van der Waals surface area contributed by atoms with Crippen LogP contribution in [0.3, 0.4) is 0 Å². The number of benzene rings is 1. The molecule has 1 N–H and O–H groups in total. The van der Waals surface area contributed by atoms with Gasteiger partial charge in [0, 0.05) is 48.2 Å². The summed E-state index contributed by atoms with van der Waals surface area (Å²) in [5.74, 6) is 0.242. The van der Waals surface area contributed by atoms with Crippen LogP contribution in [0.5, 0.6) is 0 Å². The number of nitrogens with one attached hydrogen (secondary N) is 1. The van der Waals surface area contributed by atoms with Crippen LogP contribution in [0.2, 0.25) is 0 Å². The maximum atomic E-state index is 12.5. The Labute approximate surface area is 145 Å². The van der Waals surface area contributed by atoms with E-state index in [2.05, 4.69) is 10.3 Å². The van der Waals surface area contributed by atoms with Crippen molar-refractivity contribution in [2.24, 2.45) is 0 Å². The van der Waals surface area contributed by atoms with Crippen LogP contribution < -0.4 is 5.32 Å². The van der Waals surface area contributed by atoms with Gasteiger partial charge in [0.2, 0.25) is 0 Å². The first kappa shape index (κ1) is 16.9. The van der Waals surface area contributed by atoms with Gasteiger partial charge in [0.05, 0.1) is 4.92 Å². The van der Waals surface area contributed by atoms with Crippen molar-refractivity contribution in [1.82, 2.24) is 9.88 Å². The summed E-state index contributed by atoms with van der Waals surface area (Å²) in [6, 6.07) is 8.77. The first-order valence-electron chi connectivity index (χ1n) is 8.18. The van der Waals surface area contributed by atoms with E-state index in [1.807, 2.05) is 18.2 Å². The third kappa shape index (κ3) is 3.60. The number of likely N-dealkylation sites (tertiary alicyclic amines) is 1. The third-order valence-corrected chi connectivity index (χ3v) is 4.56. The van der Waals surface area contributed by atoms with Crippen molar-refractivity contribution in [3.63, 3.8) is 0 Å². The van der Waals surface area contributed by atoms with Crippen molar-refractivity contribution in [1.29, 1.82) is 0 Å². The number of aryl methyl sites for hydroxylation is 2. The Bertz CT molecular complexity index is 807. The minimum absolute atomic E-state index is 0.0619. The maximum Gasteiger partial charge on any atom is 0.321 e. The lowest BCUT2D eigenvalue weighted by atomic mass is 10.0. The van der Waals surface area contributed by atoms with Gasteiger partial charge in [-0.1, -0.05) is 6.07 Å². The van der Waals surface area contributed by atoms with Gasteiger partial charge in [-0.2, -0.15) is 0 Å². The number of anilines is 1. The number of aromatic nitrogens is 1. The number of rotatable bonds is 3. The molecule has 3 rings (SSSR count). The van der Waals surface area contributed by atoms with E-state index in [0.29, 0.717) is 29.9 Å². The molecule has 1 saturated heterocycles. The van der Waals surface area contributed by atoms with Gasteiger partial charge in [-0.25, -0.2) is 4.79 Å². The van der Waals surface area contributed by atoms with Crippen molar-refractivity contribution in [2.45, 2.75) is 26.2 Å². The fraction of sp³-hybridized carbons (Fsp3) is 0.333. The Morgan fingerprint density at radius 1 is 1.32 bits per heavy atom. The van der Waals surface area contributed by atoms with Crippen LogP contribution in [0.1, 0.15) is 29.2 Å². The van der Waals surface area contributed by atoms with Crippen LogP contribution in [0, 0.1) is 24.0 Å². The largest absolute Gasteiger partial charge is 0.324 e. The smallest absolute Gasteiger partial charge is 0.321 e. The van der Waals surface area contributed by atoms with Crippen molar-refractivity contribution >= 4 is 17.4 Å². The molecule has 2 amide bonds. The number of carbonyl (C=O) groups is 1. The summed E-state index contributed by atoms with van der Waals surface area (Å²) in [5.41, 5.74) is 2.87. The van der Waals surface area contributed by atoms with E-state index >= 15 is 0 Å². The molecule has 2 aromatic rings. The Morgan fingerprint density at radius 3 is 2.80 bits per heavy atom. The molecule has 2 heterocycles. The number of pyridine rings is 1. The molecule has 7 nitrogen and oxygen atoms in total. The number of nitro groups is 1. The average molecular weight is 340 g/mol. The quantitative estimate of drug-likeness (QED) is 0.682. The second-order valence-corrected chi connectivity index (χ2v) is 6.33. The van der Waals surface area contributed by atoms with Gasteiger partial charge >= 0.3 is 6.03 Å². The molecule has 1 aromatic heterocycles. The molecule has 25 heavy (non-hydrogen) atoms. The molecule has 0 saturated carbocycles. The van der Waals surface area contributed by atoms with Crippen molar-refractivity contribution < 1.29 is 9.72 Å². The van der Waals surface area contributed by atoms with Crippen LogP contribution in [0.25, 0.3) is 0 Å². The van der Waals surface area contributed by atoms with Gasteiger partial charge < -0.3 is 10.2 Å². The average Bonchev–Trinajstić information content (AvgIpc) is 3.08. The molecule has 0 aliphatic carbocycles. The van der Waals surface area contributed by atoms with Crippen molar-refractivity contribution in [2.75, 3.05) is 18.4 Å². The van der Waals surface area contributed by atoms with E-state index in [0.717, 1.165) is 12.1 Å². The minimum atomic E-state index is -0.411. The summed E-state index contributed by atoms with van der Waals surface area (Å²) >= 11 is 0. The van der Waals surface area contributed by atoms with Crippen LogP contribution in [0.15, 0.2) is 36.5 Å². The fourth-order valence-electron chi connectivity index (χ4n) is 3.13. The van der Waals surface area contributed by atoms with Crippen molar-refractivity contribution in [3.8, 4) is 0 Å². The van der Waals surface area contributed by atoms with Gasteiger partial charge in [-0.3, -0.25) is 15.1 Å². The summed E-state index contributed by atoms with van der Waals surface area (Å²) in [5, 5.41) is 13.9. The minimum Gasteiger partial charge on any atom is -0.324 e. The van der Waals surface area contributed by atoms with Gasteiger partial charge in [0.15, 0.2) is 0 Å². The van der Waals surface area contributed by atoms with E-state index in [-0.39, 0.29) is 17.6 Å². The zero-order valence-corrected chi connectivity index (χ0v) is 14.2. The molecule has 130 valence electrons. The van der Waals surface area contributed by atoms with E-state index in [1.165, 1.54) is 6.07 Å². The fourth-order valence-corrected chi connectivity index (χ4v) is 3.13. The molecule has 1 atom stereocenters. The van der Waals surface area contributed by atoms with Crippen LogP contribution in [-0.4, -0.2) is 33.9 Å². The van der Waals surface area contributed by atoms with E-state index < -0.39 is 4.92 Å². The summed E-state index contributed by atoms with van der Waals surface area (Å²) < 4.78 is 0. The number of nitrogens with zero attached hydrogens (tertiary/aromatic N) is 3. The van der Waals surface area contributed by atoms with E-state index in [1.54, 1.807) is 31.0 Å². The molecule has 1 fully saturated rings. The topological polar surface area (TPSA) is 88.4 Å². The Hall–Kier alpha value is -2.96. The van der Waals surface area contributed by atoms with Crippen LogP contribution in [0.4, 0.5) is 16.2 Å². The SMILES string of the molecule is Cc1cc([N+](=O)[O-])c(C)cc1NC(=O)N1CCC(c2ccccn2)C1. The molecule has 1 aliphatic heterocycles. The van der Waals surface area contributed by atoms with E-state index in [9.17, 15) is 14.9 Å². The lowest BCUT2D eigenvalue weighted by Crippen LogP contribution is -2.33. The first-order valence-corrected chi connectivity index (χ1v) is 8.18. The summed E-state index contributed by atoms with van der Waals surface area (Å²) in [4.78, 5) is 29.2.